The van der Waals surface area contributed by atoms with Crippen molar-refractivity contribution < 1.29 is 18.8 Å². The Morgan fingerprint density at radius 2 is 2.08 bits per heavy atom. The Labute approximate surface area is 69.7 Å². The second-order valence-electron chi connectivity index (χ2n) is 2.02. The number of hydrogen-bond donors (Lipinski definition) is 1. The maximum absolute atomic E-state index is 10.4. The lowest BCUT2D eigenvalue weighted by Gasteiger charge is -2.02. The lowest BCUT2D eigenvalue weighted by Crippen LogP contribution is -1.86. The molecule has 1 atom stereocenters. The Morgan fingerprint density at radius 3 is 2.67 bits per heavy atom. The number of rotatable bonds is 3. The summed E-state index contributed by atoms with van der Waals surface area (Å²) in [6.45, 7) is 0. The Kier molecular flexibility index (Phi) is 3.02. The molecule has 1 N–H and O–H groups in total. The lowest BCUT2D eigenvalue weighted by atomic mass is 10.2. The molecular weight excluding hydrogens is 179 g/mol. The van der Waals surface area contributed by atoms with E-state index in [1.807, 2.05) is 0 Å². The van der Waals surface area contributed by atoms with Gasteiger partial charge in [-0.3, -0.25) is 4.79 Å². The maximum Gasteiger partial charge on any atom is 0.365 e. The van der Waals surface area contributed by atoms with Crippen molar-refractivity contribution in [1.29, 1.82) is 0 Å². The molecule has 5 heteroatoms. The zero-order chi connectivity index (χ0) is 8.97. The van der Waals surface area contributed by atoms with Gasteiger partial charge >= 0.3 is 8.25 Å². The van der Waals surface area contributed by atoms with Crippen LogP contribution in [0.15, 0.2) is 24.3 Å². The zero-order valence-electron chi connectivity index (χ0n) is 6.06. The summed E-state index contributed by atoms with van der Waals surface area (Å²) in [5.41, 5.74) is 0.268. The largest absolute Gasteiger partial charge is 0.426 e. The average Bonchev–Trinajstić information content (AvgIpc) is 2.04. The van der Waals surface area contributed by atoms with Gasteiger partial charge < -0.3 is 9.42 Å². The van der Waals surface area contributed by atoms with Gasteiger partial charge in [-0.1, -0.05) is 12.1 Å². The summed E-state index contributed by atoms with van der Waals surface area (Å²) in [4.78, 5) is 18.8. The summed E-state index contributed by atoms with van der Waals surface area (Å²) in [5, 5.41) is 0. The highest BCUT2D eigenvalue weighted by atomic mass is 31.1. The third kappa shape index (κ3) is 2.19. The van der Waals surface area contributed by atoms with Crippen molar-refractivity contribution in [2.45, 2.75) is 0 Å². The van der Waals surface area contributed by atoms with Gasteiger partial charge in [-0.2, -0.15) is 0 Å². The van der Waals surface area contributed by atoms with E-state index in [9.17, 15) is 9.36 Å². The summed E-state index contributed by atoms with van der Waals surface area (Å²) in [5.74, 6) is 0.138. The van der Waals surface area contributed by atoms with Crippen LogP contribution in [0.3, 0.4) is 0 Å². The van der Waals surface area contributed by atoms with Gasteiger partial charge in [-0.25, -0.2) is 4.57 Å². The van der Waals surface area contributed by atoms with Gasteiger partial charge in [0, 0.05) is 0 Å². The molecule has 12 heavy (non-hydrogen) atoms. The van der Waals surface area contributed by atoms with Crippen LogP contribution in [0.2, 0.25) is 0 Å². The standard InChI is InChI=1S/C7H7O4P/c8-5-6-3-1-2-4-7(6)11-12(9)10/h1-5,12H,(H,9,10). The molecule has 0 fully saturated rings. The van der Waals surface area contributed by atoms with Crippen molar-refractivity contribution >= 4 is 14.5 Å². The van der Waals surface area contributed by atoms with Gasteiger partial charge in [0.05, 0.1) is 5.56 Å². The van der Waals surface area contributed by atoms with E-state index in [-0.39, 0.29) is 11.3 Å². The van der Waals surface area contributed by atoms with Gasteiger partial charge in [0.2, 0.25) is 0 Å². The molecule has 0 spiro atoms. The van der Waals surface area contributed by atoms with E-state index in [0.717, 1.165) is 0 Å². The smallest absolute Gasteiger partial charge is 0.365 e. The molecule has 0 aliphatic heterocycles. The Balaban J connectivity index is 2.96. The van der Waals surface area contributed by atoms with E-state index in [1.165, 1.54) is 12.1 Å². The molecule has 0 radical (unpaired) electrons. The van der Waals surface area contributed by atoms with Gasteiger partial charge in [0.15, 0.2) is 6.29 Å². The molecule has 1 aromatic carbocycles. The van der Waals surface area contributed by atoms with E-state index < -0.39 is 8.25 Å². The third-order valence-electron chi connectivity index (χ3n) is 1.24. The number of aldehydes is 1. The van der Waals surface area contributed by atoms with Crippen molar-refractivity contribution in [3.05, 3.63) is 29.8 Å². The fraction of sp³-hybridized carbons (Fsp3) is 0. The predicted octanol–water partition coefficient (Wildman–Crippen LogP) is 1.26. The highest BCUT2D eigenvalue weighted by Gasteiger charge is 2.02. The van der Waals surface area contributed by atoms with Gasteiger partial charge in [-0.05, 0) is 12.1 Å². The highest BCUT2D eigenvalue weighted by molar-refractivity contribution is 7.32. The van der Waals surface area contributed by atoms with Crippen LogP contribution in [-0.4, -0.2) is 11.2 Å². The quantitative estimate of drug-likeness (QED) is 0.570. The average molecular weight is 186 g/mol. The van der Waals surface area contributed by atoms with Crippen LogP contribution in [-0.2, 0) is 4.57 Å². The molecule has 4 nitrogen and oxygen atoms in total. The van der Waals surface area contributed by atoms with E-state index in [0.29, 0.717) is 6.29 Å². The minimum atomic E-state index is -3.03. The Morgan fingerprint density at radius 1 is 1.42 bits per heavy atom. The normalized spacial score (nSPS) is 12.1. The molecule has 0 bridgehead atoms. The fourth-order valence-corrected chi connectivity index (χ4v) is 1.14. The molecule has 0 saturated heterocycles. The van der Waals surface area contributed by atoms with Crippen LogP contribution < -0.4 is 4.52 Å². The molecule has 0 amide bonds. The minimum absolute atomic E-state index is 0.138. The second kappa shape index (κ2) is 4.04. The van der Waals surface area contributed by atoms with Gasteiger partial charge in [0.25, 0.3) is 0 Å². The van der Waals surface area contributed by atoms with Crippen molar-refractivity contribution in [2.75, 3.05) is 0 Å². The van der Waals surface area contributed by atoms with Crippen molar-refractivity contribution in [2.24, 2.45) is 0 Å². The number of hydrogen-bond acceptors (Lipinski definition) is 3. The topological polar surface area (TPSA) is 63.6 Å². The van der Waals surface area contributed by atoms with Crippen LogP contribution in [0.25, 0.3) is 0 Å². The van der Waals surface area contributed by atoms with Crippen LogP contribution in [0.5, 0.6) is 5.75 Å². The number of benzene rings is 1. The van der Waals surface area contributed by atoms with Gasteiger partial charge in [0.1, 0.15) is 5.75 Å². The first-order valence-electron chi connectivity index (χ1n) is 3.19. The maximum atomic E-state index is 10.4. The first-order valence-corrected chi connectivity index (χ1v) is 4.45. The first kappa shape index (κ1) is 8.97. The Bertz CT molecular complexity index is 310. The third-order valence-corrected chi connectivity index (χ3v) is 1.64. The highest BCUT2D eigenvalue weighted by Crippen LogP contribution is 2.25. The summed E-state index contributed by atoms with van der Waals surface area (Å²) in [6, 6.07) is 6.23. The number of carbonyl (C=O) groups excluding carboxylic acids is 1. The predicted molar refractivity (Wildman–Crippen MR) is 43.7 cm³/mol. The molecule has 1 rings (SSSR count). The molecular formula is C7H7O4P. The lowest BCUT2D eigenvalue weighted by molar-refractivity contribution is 0.112. The first-order chi connectivity index (χ1) is 5.74. The molecule has 0 aliphatic rings. The monoisotopic (exact) mass is 186 g/mol. The van der Waals surface area contributed by atoms with E-state index in [4.69, 9.17) is 4.89 Å². The minimum Gasteiger partial charge on any atom is -0.426 e. The number of para-hydroxylation sites is 1. The van der Waals surface area contributed by atoms with Crippen LogP contribution in [0.1, 0.15) is 10.4 Å². The van der Waals surface area contributed by atoms with E-state index in [2.05, 4.69) is 4.52 Å². The summed E-state index contributed by atoms with van der Waals surface area (Å²) in [6.07, 6.45) is 0.570. The molecule has 0 aliphatic carbocycles. The molecule has 0 saturated carbocycles. The van der Waals surface area contributed by atoms with Crippen molar-refractivity contribution in [3.63, 3.8) is 0 Å². The van der Waals surface area contributed by atoms with Crippen LogP contribution in [0, 0.1) is 0 Å². The van der Waals surface area contributed by atoms with Crippen molar-refractivity contribution in [1.82, 2.24) is 0 Å². The molecule has 1 unspecified atom stereocenters. The van der Waals surface area contributed by atoms with Gasteiger partial charge in [-0.15, -0.1) is 0 Å². The number of carbonyl (C=O) groups is 1. The molecule has 1 aromatic rings. The van der Waals surface area contributed by atoms with Crippen molar-refractivity contribution in [3.8, 4) is 5.75 Å². The van der Waals surface area contributed by atoms with Crippen LogP contribution >= 0.6 is 8.25 Å². The zero-order valence-corrected chi connectivity index (χ0v) is 7.06. The van der Waals surface area contributed by atoms with E-state index in [1.54, 1.807) is 12.1 Å². The summed E-state index contributed by atoms with van der Waals surface area (Å²) in [7, 11) is -3.03. The summed E-state index contributed by atoms with van der Waals surface area (Å²) >= 11 is 0. The molecule has 0 heterocycles. The SMILES string of the molecule is O=Cc1ccccc1O[PH](=O)O. The summed E-state index contributed by atoms with van der Waals surface area (Å²) < 4.78 is 14.8. The second-order valence-corrected chi connectivity index (χ2v) is 2.76. The van der Waals surface area contributed by atoms with Crippen LogP contribution in [0.4, 0.5) is 0 Å². The Hall–Kier alpha value is -1.12. The molecule has 0 aromatic heterocycles. The fourth-order valence-electron chi connectivity index (χ4n) is 0.765. The molecule has 64 valence electrons. The van der Waals surface area contributed by atoms with E-state index >= 15 is 0 Å².